The highest BCUT2D eigenvalue weighted by Crippen LogP contribution is 2.05. The monoisotopic (exact) mass is 250 g/mol. The van der Waals surface area contributed by atoms with Crippen molar-refractivity contribution in [3.63, 3.8) is 0 Å². The maximum Gasteiger partial charge on any atom is 0.335 e. The molecule has 1 unspecified atom stereocenters. The van der Waals surface area contributed by atoms with Gasteiger partial charge in [0.15, 0.2) is 0 Å². The summed E-state index contributed by atoms with van der Waals surface area (Å²) in [6.45, 7) is 2.24. The van der Waals surface area contributed by atoms with Crippen LogP contribution >= 0.6 is 0 Å². The summed E-state index contributed by atoms with van der Waals surface area (Å²) in [5.41, 5.74) is 6.64. The number of rotatable bonds is 6. The lowest BCUT2D eigenvalue weighted by Crippen LogP contribution is -2.30. The number of amides is 1. The molecule has 4 N–H and O–H groups in total. The molecule has 0 radical (unpaired) electrons. The number of aromatic carboxylic acids is 1. The van der Waals surface area contributed by atoms with E-state index in [-0.39, 0.29) is 23.9 Å². The first kappa shape index (κ1) is 14.2. The van der Waals surface area contributed by atoms with E-state index in [1.807, 2.05) is 6.92 Å². The van der Waals surface area contributed by atoms with E-state index in [0.717, 1.165) is 12.0 Å². The third-order valence-corrected chi connectivity index (χ3v) is 2.64. The molecule has 1 aromatic carbocycles. The van der Waals surface area contributed by atoms with E-state index >= 15 is 0 Å². The molecule has 18 heavy (non-hydrogen) atoms. The molecular weight excluding hydrogens is 232 g/mol. The molecule has 98 valence electrons. The maximum absolute atomic E-state index is 11.5. The van der Waals surface area contributed by atoms with Crippen molar-refractivity contribution in [3.8, 4) is 0 Å². The van der Waals surface area contributed by atoms with Crippen molar-refractivity contribution in [2.45, 2.75) is 32.4 Å². The number of carboxylic acids is 1. The van der Waals surface area contributed by atoms with Crippen LogP contribution in [0, 0.1) is 0 Å². The third kappa shape index (κ3) is 4.55. The average Bonchev–Trinajstić information content (AvgIpc) is 2.36. The molecule has 1 amide bonds. The van der Waals surface area contributed by atoms with Gasteiger partial charge in [-0.05, 0) is 24.1 Å². The number of carboxylic acid groups (broad SMARTS) is 1. The van der Waals surface area contributed by atoms with Crippen LogP contribution < -0.4 is 11.1 Å². The molecule has 0 fully saturated rings. The Hall–Kier alpha value is -1.88. The molecule has 0 aromatic heterocycles. The zero-order valence-corrected chi connectivity index (χ0v) is 10.3. The third-order valence-electron chi connectivity index (χ3n) is 2.64. The minimum absolute atomic E-state index is 0.120. The first-order valence-corrected chi connectivity index (χ1v) is 5.87. The van der Waals surface area contributed by atoms with Crippen LogP contribution in [0.5, 0.6) is 0 Å². The molecule has 0 saturated carbocycles. The Morgan fingerprint density at radius 2 is 2.17 bits per heavy atom. The minimum atomic E-state index is -0.976. The molecule has 0 aliphatic rings. The van der Waals surface area contributed by atoms with Gasteiger partial charge >= 0.3 is 5.97 Å². The number of nitrogens with two attached hydrogens (primary N) is 1. The summed E-state index contributed by atoms with van der Waals surface area (Å²) < 4.78 is 0. The van der Waals surface area contributed by atoms with Crippen LogP contribution in [0.3, 0.4) is 0 Å². The van der Waals surface area contributed by atoms with Crippen LogP contribution in [-0.4, -0.2) is 23.0 Å². The van der Waals surface area contributed by atoms with Gasteiger partial charge in [0.25, 0.3) is 0 Å². The highest BCUT2D eigenvalue weighted by atomic mass is 16.4. The Balaban J connectivity index is 2.50. The Morgan fingerprint density at radius 1 is 1.44 bits per heavy atom. The predicted octanol–water partition coefficient (Wildman–Crippen LogP) is 1.13. The lowest BCUT2D eigenvalue weighted by Gasteiger charge is -2.09. The fourth-order valence-electron chi connectivity index (χ4n) is 1.47. The average molecular weight is 250 g/mol. The largest absolute Gasteiger partial charge is 0.478 e. The molecule has 0 aliphatic carbocycles. The lowest BCUT2D eigenvalue weighted by atomic mass is 10.1. The predicted molar refractivity (Wildman–Crippen MR) is 68.1 cm³/mol. The van der Waals surface area contributed by atoms with Crippen LogP contribution in [0.4, 0.5) is 0 Å². The number of hydrogen-bond acceptors (Lipinski definition) is 3. The SMILES string of the molecule is CCC(N)CC(=O)NCc1cccc(C(=O)O)c1. The van der Waals surface area contributed by atoms with Gasteiger partial charge in [-0.3, -0.25) is 4.79 Å². The van der Waals surface area contributed by atoms with Gasteiger partial charge < -0.3 is 16.2 Å². The van der Waals surface area contributed by atoms with Gasteiger partial charge in [0.05, 0.1) is 5.56 Å². The highest BCUT2D eigenvalue weighted by Gasteiger charge is 2.08. The topological polar surface area (TPSA) is 92.4 Å². The van der Waals surface area contributed by atoms with E-state index in [1.165, 1.54) is 6.07 Å². The molecule has 1 aromatic rings. The van der Waals surface area contributed by atoms with Gasteiger partial charge in [0.1, 0.15) is 0 Å². The number of nitrogens with one attached hydrogen (secondary N) is 1. The van der Waals surface area contributed by atoms with Gasteiger partial charge in [-0.2, -0.15) is 0 Å². The van der Waals surface area contributed by atoms with Crippen molar-refractivity contribution in [2.75, 3.05) is 0 Å². The molecule has 5 heteroatoms. The smallest absolute Gasteiger partial charge is 0.335 e. The lowest BCUT2D eigenvalue weighted by molar-refractivity contribution is -0.121. The van der Waals surface area contributed by atoms with Crippen molar-refractivity contribution in [1.82, 2.24) is 5.32 Å². The zero-order valence-electron chi connectivity index (χ0n) is 10.3. The van der Waals surface area contributed by atoms with Crippen molar-refractivity contribution >= 4 is 11.9 Å². The first-order chi connectivity index (χ1) is 8.52. The summed E-state index contributed by atoms with van der Waals surface area (Å²) in [5.74, 6) is -1.10. The molecule has 0 bridgehead atoms. The van der Waals surface area contributed by atoms with Crippen molar-refractivity contribution in [1.29, 1.82) is 0 Å². The van der Waals surface area contributed by atoms with Crippen LogP contribution in [-0.2, 0) is 11.3 Å². The van der Waals surface area contributed by atoms with Crippen LogP contribution in [0.15, 0.2) is 24.3 Å². The Morgan fingerprint density at radius 3 is 2.78 bits per heavy atom. The van der Waals surface area contributed by atoms with Crippen molar-refractivity contribution < 1.29 is 14.7 Å². The summed E-state index contributed by atoms with van der Waals surface area (Å²) in [5, 5.41) is 11.6. The quantitative estimate of drug-likeness (QED) is 0.705. The van der Waals surface area contributed by atoms with E-state index in [4.69, 9.17) is 10.8 Å². The van der Waals surface area contributed by atoms with Crippen molar-refractivity contribution in [2.24, 2.45) is 5.73 Å². The highest BCUT2D eigenvalue weighted by molar-refractivity contribution is 5.87. The standard InChI is InChI=1S/C13H18N2O3/c1-2-11(14)7-12(16)15-8-9-4-3-5-10(6-9)13(17)18/h3-6,11H,2,7-8,14H2,1H3,(H,15,16)(H,17,18). The molecule has 0 heterocycles. The Bertz CT molecular complexity index is 432. The summed E-state index contributed by atoms with van der Waals surface area (Å²) in [7, 11) is 0. The number of benzene rings is 1. The molecule has 1 rings (SSSR count). The number of hydrogen-bond donors (Lipinski definition) is 3. The van der Waals surface area contributed by atoms with Gasteiger partial charge in [-0.25, -0.2) is 4.79 Å². The second kappa shape index (κ2) is 6.76. The Labute approximate surface area is 106 Å². The van der Waals surface area contributed by atoms with Gasteiger partial charge in [0, 0.05) is 19.0 Å². The molecule has 0 saturated heterocycles. The summed E-state index contributed by atoms with van der Waals surface area (Å²) in [6, 6.07) is 6.36. The van der Waals surface area contributed by atoms with E-state index in [2.05, 4.69) is 5.32 Å². The fraction of sp³-hybridized carbons (Fsp3) is 0.385. The van der Waals surface area contributed by atoms with Crippen LogP contribution in [0.1, 0.15) is 35.7 Å². The number of carbonyl (C=O) groups is 2. The van der Waals surface area contributed by atoms with E-state index < -0.39 is 5.97 Å². The normalized spacial score (nSPS) is 11.9. The molecule has 1 atom stereocenters. The van der Waals surface area contributed by atoms with Crippen molar-refractivity contribution in [3.05, 3.63) is 35.4 Å². The second-order valence-electron chi connectivity index (χ2n) is 4.15. The first-order valence-electron chi connectivity index (χ1n) is 5.87. The van der Waals surface area contributed by atoms with Gasteiger partial charge in [-0.15, -0.1) is 0 Å². The summed E-state index contributed by atoms with van der Waals surface area (Å²) in [6.07, 6.45) is 1.04. The molecule has 0 spiro atoms. The van der Waals surface area contributed by atoms with E-state index in [9.17, 15) is 9.59 Å². The molecular formula is C13H18N2O3. The van der Waals surface area contributed by atoms with Gasteiger partial charge in [-0.1, -0.05) is 19.1 Å². The second-order valence-corrected chi connectivity index (χ2v) is 4.15. The van der Waals surface area contributed by atoms with Crippen LogP contribution in [0.25, 0.3) is 0 Å². The maximum atomic E-state index is 11.5. The molecule has 5 nitrogen and oxygen atoms in total. The number of carbonyl (C=O) groups excluding carboxylic acids is 1. The summed E-state index contributed by atoms with van der Waals surface area (Å²) >= 11 is 0. The minimum Gasteiger partial charge on any atom is -0.478 e. The van der Waals surface area contributed by atoms with E-state index in [0.29, 0.717) is 6.54 Å². The van der Waals surface area contributed by atoms with Gasteiger partial charge in [0.2, 0.25) is 5.91 Å². The summed E-state index contributed by atoms with van der Waals surface area (Å²) in [4.78, 5) is 22.3. The molecule has 0 aliphatic heterocycles. The zero-order chi connectivity index (χ0) is 13.5. The van der Waals surface area contributed by atoms with E-state index in [1.54, 1.807) is 18.2 Å². The van der Waals surface area contributed by atoms with Crippen LogP contribution in [0.2, 0.25) is 0 Å². The fourth-order valence-corrected chi connectivity index (χ4v) is 1.47. The Kier molecular flexibility index (Phi) is 5.32.